The van der Waals surface area contributed by atoms with Gasteiger partial charge in [-0.15, -0.1) is 0 Å². The summed E-state index contributed by atoms with van der Waals surface area (Å²) in [5.41, 5.74) is 0.200. The van der Waals surface area contributed by atoms with Gasteiger partial charge in [0.05, 0.1) is 0 Å². The van der Waals surface area contributed by atoms with Crippen LogP contribution >= 0.6 is 0 Å². The summed E-state index contributed by atoms with van der Waals surface area (Å²) in [5.74, 6) is 1.25. The van der Waals surface area contributed by atoms with Crippen LogP contribution in [-0.2, 0) is 9.53 Å². The lowest BCUT2D eigenvalue weighted by molar-refractivity contribution is -0.146. The monoisotopic (exact) mass is 337 g/mol. The van der Waals surface area contributed by atoms with Gasteiger partial charge in [0, 0.05) is 70.0 Å². The highest BCUT2D eigenvalue weighted by Gasteiger charge is 2.43. The molecule has 3 heterocycles. The third kappa shape index (κ3) is 3.94. The van der Waals surface area contributed by atoms with E-state index in [1.165, 1.54) is 0 Å². The molecule has 3 fully saturated rings. The molecule has 0 aromatic heterocycles. The highest BCUT2D eigenvalue weighted by atomic mass is 16.5. The Morgan fingerprint density at radius 1 is 1.17 bits per heavy atom. The zero-order chi connectivity index (χ0) is 17.3. The molecule has 5 heteroatoms. The molecule has 0 aromatic rings. The second-order valence-corrected chi connectivity index (χ2v) is 8.92. The quantitative estimate of drug-likeness (QED) is 0.785. The summed E-state index contributed by atoms with van der Waals surface area (Å²) in [6.07, 6.45) is 1.80. The average Bonchev–Trinajstić information content (AvgIpc) is 2.53. The number of carbonyl (C=O) groups excluding carboxylic acids is 1. The SMILES string of the molecule is CC(C)CN1C[C@@H]2CN(C(=O)C3CCOCC3)CCN2C(C)(C)C1. The van der Waals surface area contributed by atoms with E-state index in [0.29, 0.717) is 17.9 Å². The third-order valence-corrected chi connectivity index (χ3v) is 5.85. The third-order valence-electron chi connectivity index (χ3n) is 5.85. The molecule has 3 saturated heterocycles. The molecule has 0 N–H and O–H groups in total. The van der Waals surface area contributed by atoms with Gasteiger partial charge in [0.15, 0.2) is 0 Å². The molecule has 3 aliphatic heterocycles. The van der Waals surface area contributed by atoms with Crippen LogP contribution in [-0.4, -0.2) is 84.7 Å². The second-order valence-electron chi connectivity index (χ2n) is 8.92. The Morgan fingerprint density at radius 2 is 1.88 bits per heavy atom. The number of ether oxygens (including phenoxy) is 1. The van der Waals surface area contributed by atoms with Crippen molar-refractivity contribution < 1.29 is 9.53 Å². The molecule has 0 spiro atoms. The van der Waals surface area contributed by atoms with Gasteiger partial charge in [0.2, 0.25) is 5.91 Å². The Balaban J connectivity index is 1.64. The number of piperazine rings is 2. The smallest absolute Gasteiger partial charge is 0.225 e. The first-order valence-corrected chi connectivity index (χ1v) is 9.72. The first kappa shape index (κ1) is 18.2. The first-order valence-electron chi connectivity index (χ1n) is 9.72. The molecule has 138 valence electrons. The number of hydrogen-bond acceptors (Lipinski definition) is 4. The van der Waals surface area contributed by atoms with Crippen molar-refractivity contribution in [3.8, 4) is 0 Å². The van der Waals surface area contributed by atoms with Gasteiger partial charge in [0.1, 0.15) is 0 Å². The maximum atomic E-state index is 12.9. The second kappa shape index (κ2) is 7.30. The summed E-state index contributed by atoms with van der Waals surface area (Å²) >= 11 is 0. The van der Waals surface area contributed by atoms with Gasteiger partial charge in [-0.1, -0.05) is 13.8 Å². The van der Waals surface area contributed by atoms with Gasteiger partial charge in [-0.3, -0.25) is 14.6 Å². The minimum atomic E-state index is 0.189. The molecular formula is C19H35N3O2. The van der Waals surface area contributed by atoms with E-state index in [4.69, 9.17) is 4.74 Å². The number of hydrogen-bond donors (Lipinski definition) is 0. The van der Waals surface area contributed by atoms with Crippen LogP contribution in [0.15, 0.2) is 0 Å². The van der Waals surface area contributed by atoms with Crippen molar-refractivity contribution in [2.75, 3.05) is 52.5 Å². The standard InChI is InChI=1S/C19H35N3O2/c1-15(2)11-20-12-17-13-21(7-8-22(17)19(3,4)14-20)18(23)16-5-9-24-10-6-16/h15-17H,5-14H2,1-4H3/t17-/m1/s1. The average molecular weight is 338 g/mol. The zero-order valence-electron chi connectivity index (χ0n) is 16.0. The maximum Gasteiger partial charge on any atom is 0.225 e. The molecule has 0 unspecified atom stereocenters. The molecule has 0 radical (unpaired) electrons. The van der Waals surface area contributed by atoms with Gasteiger partial charge in [-0.25, -0.2) is 0 Å². The van der Waals surface area contributed by atoms with Crippen LogP contribution in [0.3, 0.4) is 0 Å². The molecule has 1 atom stereocenters. The lowest BCUT2D eigenvalue weighted by Crippen LogP contribution is -2.70. The van der Waals surface area contributed by atoms with Crippen molar-refractivity contribution in [3.63, 3.8) is 0 Å². The largest absolute Gasteiger partial charge is 0.381 e. The summed E-state index contributed by atoms with van der Waals surface area (Å²) in [6.45, 7) is 17.0. The van der Waals surface area contributed by atoms with Gasteiger partial charge >= 0.3 is 0 Å². The molecule has 3 aliphatic rings. The molecule has 0 aromatic carbocycles. The highest BCUT2D eigenvalue weighted by molar-refractivity contribution is 5.79. The summed E-state index contributed by atoms with van der Waals surface area (Å²) in [7, 11) is 0. The van der Waals surface area contributed by atoms with E-state index < -0.39 is 0 Å². The maximum absolute atomic E-state index is 12.9. The van der Waals surface area contributed by atoms with Gasteiger partial charge < -0.3 is 9.64 Å². The van der Waals surface area contributed by atoms with Gasteiger partial charge in [-0.05, 0) is 32.6 Å². The fourth-order valence-corrected chi connectivity index (χ4v) is 4.87. The highest BCUT2D eigenvalue weighted by Crippen LogP contribution is 2.29. The van der Waals surface area contributed by atoms with Gasteiger partial charge in [-0.2, -0.15) is 0 Å². The van der Waals surface area contributed by atoms with Crippen molar-refractivity contribution in [2.45, 2.75) is 52.1 Å². The predicted octanol–water partition coefficient (Wildman–Crippen LogP) is 1.68. The zero-order valence-corrected chi connectivity index (χ0v) is 16.0. The minimum absolute atomic E-state index is 0.189. The summed E-state index contributed by atoms with van der Waals surface area (Å²) < 4.78 is 5.42. The van der Waals surface area contributed by atoms with E-state index >= 15 is 0 Å². The first-order chi connectivity index (χ1) is 11.4. The minimum Gasteiger partial charge on any atom is -0.381 e. The van der Waals surface area contributed by atoms with Crippen LogP contribution in [0.4, 0.5) is 0 Å². The van der Waals surface area contributed by atoms with Crippen molar-refractivity contribution in [3.05, 3.63) is 0 Å². The van der Waals surface area contributed by atoms with E-state index in [-0.39, 0.29) is 11.5 Å². The Labute approximate surface area is 147 Å². The van der Waals surface area contributed by atoms with E-state index in [2.05, 4.69) is 42.4 Å². The molecule has 0 bridgehead atoms. The van der Waals surface area contributed by atoms with E-state index in [1.807, 2.05) is 0 Å². The van der Waals surface area contributed by atoms with Gasteiger partial charge in [0.25, 0.3) is 0 Å². The van der Waals surface area contributed by atoms with Crippen LogP contribution in [0.25, 0.3) is 0 Å². The fraction of sp³-hybridized carbons (Fsp3) is 0.947. The molecule has 3 rings (SSSR count). The summed E-state index contributed by atoms with van der Waals surface area (Å²) in [4.78, 5) is 20.3. The van der Waals surface area contributed by atoms with Crippen molar-refractivity contribution in [2.24, 2.45) is 11.8 Å². The number of carbonyl (C=O) groups is 1. The Kier molecular flexibility index (Phi) is 5.52. The number of rotatable bonds is 3. The Bertz CT molecular complexity index is 446. The molecule has 0 aliphatic carbocycles. The topological polar surface area (TPSA) is 36.0 Å². The molecule has 1 amide bonds. The van der Waals surface area contributed by atoms with Crippen LogP contribution in [0, 0.1) is 11.8 Å². The van der Waals surface area contributed by atoms with Crippen LogP contribution in [0.2, 0.25) is 0 Å². The van der Waals surface area contributed by atoms with Crippen molar-refractivity contribution in [1.82, 2.24) is 14.7 Å². The number of fused-ring (bicyclic) bond motifs is 1. The van der Waals surface area contributed by atoms with Crippen LogP contribution in [0.1, 0.15) is 40.5 Å². The van der Waals surface area contributed by atoms with Crippen molar-refractivity contribution >= 4 is 5.91 Å². The summed E-state index contributed by atoms with van der Waals surface area (Å²) in [5, 5.41) is 0. The fourth-order valence-electron chi connectivity index (χ4n) is 4.87. The van der Waals surface area contributed by atoms with Crippen LogP contribution < -0.4 is 0 Å². The number of amides is 1. The van der Waals surface area contributed by atoms with Crippen molar-refractivity contribution in [1.29, 1.82) is 0 Å². The lowest BCUT2D eigenvalue weighted by atomic mass is 9.91. The normalized spacial score (nSPS) is 29.7. The molecule has 0 saturated carbocycles. The molecule has 5 nitrogen and oxygen atoms in total. The Morgan fingerprint density at radius 3 is 2.54 bits per heavy atom. The van der Waals surface area contributed by atoms with E-state index in [9.17, 15) is 4.79 Å². The lowest BCUT2D eigenvalue weighted by Gasteiger charge is -2.56. The van der Waals surface area contributed by atoms with E-state index in [1.54, 1.807) is 0 Å². The molecule has 24 heavy (non-hydrogen) atoms. The van der Waals surface area contributed by atoms with E-state index in [0.717, 1.165) is 65.3 Å². The van der Waals surface area contributed by atoms with Crippen LogP contribution in [0.5, 0.6) is 0 Å². The number of nitrogens with zero attached hydrogens (tertiary/aromatic N) is 3. The Hall–Kier alpha value is -0.650. The molecular weight excluding hydrogens is 302 g/mol. The summed E-state index contributed by atoms with van der Waals surface area (Å²) in [6, 6.07) is 0.477. The predicted molar refractivity (Wildman–Crippen MR) is 96.0 cm³/mol.